The first kappa shape index (κ1) is 20.0. The lowest BCUT2D eigenvalue weighted by atomic mass is 9.90. The van der Waals surface area contributed by atoms with Crippen molar-refractivity contribution in [2.45, 2.75) is 50.5 Å². The zero-order valence-electron chi connectivity index (χ0n) is 15.7. The molecule has 1 heterocycles. The van der Waals surface area contributed by atoms with Gasteiger partial charge >= 0.3 is 0 Å². The maximum Gasteiger partial charge on any atom is 0.270 e. The van der Waals surface area contributed by atoms with E-state index < -0.39 is 21.1 Å². The second-order valence-electron chi connectivity index (χ2n) is 7.95. The largest absolute Gasteiger partial charge is 0.392 e. The van der Waals surface area contributed by atoms with Crippen molar-refractivity contribution in [2.24, 2.45) is 11.3 Å². The van der Waals surface area contributed by atoms with Crippen LogP contribution in [0.1, 0.15) is 39.5 Å². The average molecular weight is 397 g/mol. The molecule has 0 unspecified atom stereocenters. The topological polar surface area (TPSA) is 113 Å². The Bertz CT molecular complexity index is 814. The molecule has 150 valence electrons. The lowest BCUT2D eigenvalue weighted by Gasteiger charge is -2.27. The number of nitro benzene ring substituents is 1. The third-order valence-corrected chi connectivity index (χ3v) is 7.58. The van der Waals surface area contributed by atoms with Crippen molar-refractivity contribution in [3.63, 3.8) is 0 Å². The number of nitrogens with zero attached hydrogens (tertiary/aromatic N) is 2. The van der Waals surface area contributed by atoms with Crippen LogP contribution in [-0.2, 0) is 10.0 Å². The summed E-state index contributed by atoms with van der Waals surface area (Å²) < 4.78 is 27.4. The molecule has 9 heteroatoms. The highest BCUT2D eigenvalue weighted by atomic mass is 32.2. The standard InChI is InChI=1S/C18H27N3O5S/c1-13(2)17(22)18(7-8-18)12-19-15-6-5-14(21(23)24)11-16(15)27(25,26)20-9-3-4-10-20/h5-6,11,13,17,19,22H,3-4,7-10,12H2,1-2H3/t17-/m1/s1. The van der Waals surface area contributed by atoms with Gasteiger partial charge in [0.15, 0.2) is 0 Å². The second-order valence-corrected chi connectivity index (χ2v) is 9.86. The van der Waals surface area contributed by atoms with Gasteiger partial charge in [0.25, 0.3) is 5.69 Å². The van der Waals surface area contributed by atoms with E-state index in [9.17, 15) is 23.6 Å². The molecule has 0 amide bonds. The molecule has 8 nitrogen and oxygen atoms in total. The van der Waals surface area contributed by atoms with Crippen molar-refractivity contribution in [1.29, 1.82) is 0 Å². The Hall–Kier alpha value is -1.71. The van der Waals surface area contributed by atoms with Gasteiger partial charge in [0.05, 0.1) is 16.7 Å². The molecular formula is C18H27N3O5S. The van der Waals surface area contributed by atoms with Crippen LogP contribution in [0.2, 0.25) is 0 Å². The van der Waals surface area contributed by atoms with E-state index in [0.29, 0.717) is 25.3 Å². The summed E-state index contributed by atoms with van der Waals surface area (Å²) in [6.45, 7) is 5.22. The fourth-order valence-corrected chi connectivity index (χ4v) is 5.47. The van der Waals surface area contributed by atoms with Crippen LogP contribution in [0.4, 0.5) is 11.4 Å². The number of rotatable bonds is 8. The van der Waals surface area contributed by atoms with Crippen LogP contribution in [0, 0.1) is 21.4 Å². The second kappa shape index (κ2) is 7.37. The third-order valence-electron chi connectivity index (χ3n) is 5.64. The van der Waals surface area contributed by atoms with E-state index in [4.69, 9.17) is 0 Å². The molecule has 0 aromatic heterocycles. The van der Waals surface area contributed by atoms with E-state index in [0.717, 1.165) is 31.7 Å². The fraction of sp³-hybridized carbons (Fsp3) is 0.667. The van der Waals surface area contributed by atoms with E-state index in [1.54, 1.807) is 0 Å². The molecule has 1 saturated heterocycles. The summed E-state index contributed by atoms with van der Waals surface area (Å²) in [5, 5.41) is 24.8. The van der Waals surface area contributed by atoms with Crippen LogP contribution in [0.3, 0.4) is 0 Å². The Kier molecular flexibility index (Phi) is 5.47. The maximum atomic E-state index is 13.0. The van der Waals surface area contributed by atoms with Gasteiger partial charge in [0.2, 0.25) is 10.0 Å². The predicted molar refractivity (Wildman–Crippen MR) is 102 cm³/mol. The van der Waals surface area contributed by atoms with Gasteiger partial charge in [-0.05, 0) is 37.7 Å². The molecule has 2 aliphatic rings. The van der Waals surface area contributed by atoms with Gasteiger partial charge in [-0.25, -0.2) is 8.42 Å². The highest BCUT2D eigenvalue weighted by Crippen LogP contribution is 2.51. The minimum atomic E-state index is -3.81. The number of non-ortho nitro benzene ring substituents is 1. The predicted octanol–water partition coefficient (Wildman–Crippen LogP) is 2.59. The molecule has 1 aliphatic carbocycles. The lowest BCUT2D eigenvalue weighted by Crippen LogP contribution is -2.34. The average Bonchev–Trinajstić information content (AvgIpc) is 3.20. The van der Waals surface area contributed by atoms with Gasteiger partial charge in [-0.3, -0.25) is 10.1 Å². The summed E-state index contributed by atoms with van der Waals surface area (Å²) >= 11 is 0. The smallest absolute Gasteiger partial charge is 0.270 e. The van der Waals surface area contributed by atoms with Crippen LogP contribution in [0.15, 0.2) is 23.1 Å². The number of anilines is 1. The number of hydrogen-bond acceptors (Lipinski definition) is 6. The van der Waals surface area contributed by atoms with Crippen LogP contribution in [0.5, 0.6) is 0 Å². The number of benzene rings is 1. The maximum absolute atomic E-state index is 13.0. The molecule has 27 heavy (non-hydrogen) atoms. The van der Waals surface area contributed by atoms with Crippen molar-refractivity contribution in [2.75, 3.05) is 25.0 Å². The molecular weight excluding hydrogens is 370 g/mol. The quantitative estimate of drug-likeness (QED) is 0.515. The summed E-state index contributed by atoms with van der Waals surface area (Å²) in [5.74, 6) is 0.110. The summed E-state index contributed by atoms with van der Waals surface area (Å²) in [4.78, 5) is 10.5. The molecule has 1 aromatic carbocycles. The van der Waals surface area contributed by atoms with Gasteiger partial charge in [0, 0.05) is 37.2 Å². The number of aliphatic hydroxyl groups is 1. The first-order chi connectivity index (χ1) is 12.7. The number of aliphatic hydroxyl groups excluding tert-OH is 1. The van der Waals surface area contributed by atoms with Gasteiger partial charge in [0.1, 0.15) is 4.90 Å². The van der Waals surface area contributed by atoms with Crippen molar-refractivity contribution >= 4 is 21.4 Å². The zero-order valence-corrected chi connectivity index (χ0v) is 16.5. The van der Waals surface area contributed by atoms with E-state index in [-0.39, 0.29) is 21.9 Å². The summed E-state index contributed by atoms with van der Waals surface area (Å²) in [6, 6.07) is 3.90. The molecule has 2 N–H and O–H groups in total. The Labute approximate surface area is 159 Å². The third kappa shape index (κ3) is 3.95. The molecule has 3 rings (SSSR count). The van der Waals surface area contributed by atoms with Gasteiger partial charge in [-0.2, -0.15) is 4.31 Å². The fourth-order valence-electron chi connectivity index (χ4n) is 3.77. The Morgan fingerprint density at radius 1 is 1.30 bits per heavy atom. The summed E-state index contributed by atoms with van der Waals surface area (Å²) in [5.41, 5.74) is -0.152. The molecule has 0 bridgehead atoms. The van der Waals surface area contributed by atoms with Gasteiger partial charge < -0.3 is 10.4 Å². The monoisotopic (exact) mass is 397 g/mol. The van der Waals surface area contributed by atoms with Crippen LogP contribution in [0.25, 0.3) is 0 Å². The van der Waals surface area contributed by atoms with E-state index in [1.807, 2.05) is 13.8 Å². The zero-order chi connectivity index (χ0) is 19.8. The molecule has 0 spiro atoms. The van der Waals surface area contributed by atoms with Crippen molar-refractivity contribution in [1.82, 2.24) is 4.31 Å². The molecule has 1 aromatic rings. The molecule has 0 radical (unpaired) electrons. The van der Waals surface area contributed by atoms with Crippen LogP contribution < -0.4 is 5.32 Å². The Morgan fingerprint density at radius 2 is 1.93 bits per heavy atom. The lowest BCUT2D eigenvalue weighted by molar-refractivity contribution is -0.385. The number of hydrogen-bond donors (Lipinski definition) is 2. The first-order valence-electron chi connectivity index (χ1n) is 9.38. The molecule has 1 atom stereocenters. The first-order valence-corrected chi connectivity index (χ1v) is 10.8. The minimum Gasteiger partial charge on any atom is -0.392 e. The van der Waals surface area contributed by atoms with Crippen molar-refractivity contribution < 1.29 is 18.4 Å². The Balaban J connectivity index is 1.90. The van der Waals surface area contributed by atoms with Gasteiger partial charge in [-0.15, -0.1) is 0 Å². The SMILES string of the molecule is CC(C)[C@@H](O)C1(CNc2ccc([N+](=O)[O-])cc2S(=O)(=O)N2CCCC2)CC1. The van der Waals surface area contributed by atoms with E-state index >= 15 is 0 Å². The number of nitro groups is 1. The highest BCUT2D eigenvalue weighted by Gasteiger charge is 2.49. The van der Waals surface area contributed by atoms with E-state index in [1.165, 1.54) is 16.4 Å². The Morgan fingerprint density at radius 3 is 2.44 bits per heavy atom. The van der Waals surface area contributed by atoms with E-state index in [2.05, 4.69) is 5.32 Å². The normalized spacial score (nSPS) is 20.6. The van der Waals surface area contributed by atoms with Crippen molar-refractivity contribution in [3.05, 3.63) is 28.3 Å². The van der Waals surface area contributed by atoms with Crippen LogP contribution in [-0.4, -0.2) is 48.5 Å². The summed E-state index contributed by atoms with van der Waals surface area (Å²) in [6.07, 6.45) is 2.86. The molecule has 1 aliphatic heterocycles. The molecule has 1 saturated carbocycles. The highest BCUT2D eigenvalue weighted by molar-refractivity contribution is 7.89. The summed E-state index contributed by atoms with van der Waals surface area (Å²) in [7, 11) is -3.81. The van der Waals surface area contributed by atoms with Crippen LogP contribution >= 0.6 is 0 Å². The number of nitrogens with one attached hydrogen (secondary N) is 1. The number of sulfonamides is 1. The minimum absolute atomic E-state index is 0.0616. The molecule has 2 fully saturated rings. The van der Waals surface area contributed by atoms with Crippen molar-refractivity contribution in [3.8, 4) is 0 Å². The van der Waals surface area contributed by atoms with Gasteiger partial charge in [-0.1, -0.05) is 13.8 Å².